The number of carbonyl (C=O) groups is 1. The maximum atomic E-state index is 11.7. The van der Waals surface area contributed by atoms with Gasteiger partial charge in [0.05, 0.1) is 4.32 Å². The predicted molar refractivity (Wildman–Crippen MR) is 68.6 cm³/mol. The van der Waals surface area contributed by atoms with Gasteiger partial charge in [0.1, 0.15) is 0 Å². The number of pyridine rings is 1. The Labute approximate surface area is 105 Å². The third kappa shape index (κ3) is 4.31. The molecule has 88 valence electrons. The van der Waals surface area contributed by atoms with Crippen LogP contribution in [-0.4, -0.2) is 21.3 Å². The molecule has 4 heteroatoms. The maximum Gasteiger partial charge on any atom is 0.236 e. The minimum atomic E-state index is -0.518. The number of nitrogens with zero attached hydrogens (tertiary/aromatic N) is 1. The topological polar surface area (TPSA) is 42.0 Å². The van der Waals surface area contributed by atoms with Gasteiger partial charge in [-0.25, -0.2) is 0 Å². The van der Waals surface area contributed by atoms with Crippen LogP contribution in [0.5, 0.6) is 0 Å². The molecule has 0 aromatic carbocycles. The predicted octanol–water partition coefficient (Wildman–Crippen LogP) is 2.30. The molecule has 0 bridgehead atoms. The van der Waals surface area contributed by atoms with E-state index in [1.165, 1.54) is 0 Å². The number of carbonyl (C=O) groups excluding carboxylic acids is 1. The van der Waals surface area contributed by atoms with Crippen molar-refractivity contribution < 1.29 is 4.79 Å². The zero-order valence-corrected chi connectivity index (χ0v) is 11.4. The van der Waals surface area contributed by atoms with Gasteiger partial charge in [0, 0.05) is 18.4 Å². The van der Waals surface area contributed by atoms with Gasteiger partial charge in [-0.2, -0.15) is 0 Å². The van der Waals surface area contributed by atoms with Gasteiger partial charge < -0.3 is 5.32 Å². The van der Waals surface area contributed by atoms with Crippen LogP contribution < -0.4 is 5.32 Å². The number of amides is 1. The minimum Gasteiger partial charge on any atom is -0.352 e. The van der Waals surface area contributed by atoms with Crippen molar-refractivity contribution in [2.24, 2.45) is 0 Å². The van der Waals surface area contributed by atoms with Crippen LogP contribution in [0.3, 0.4) is 0 Å². The first kappa shape index (κ1) is 13.2. The van der Waals surface area contributed by atoms with Crippen LogP contribution in [0, 0.1) is 0 Å². The maximum absolute atomic E-state index is 11.7. The van der Waals surface area contributed by atoms with E-state index in [9.17, 15) is 4.79 Å². The average Bonchev–Trinajstić information content (AvgIpc) is 2.17. The summed E-state index contributed by atoms with van der Waals surface area (Å²) < 4.78 is -0.518. The van der Waals surface area contributed by atoms with E-state index >= 15 is 0 Å². The van der Waals surface area contributed by atoms with E-state index < -0.39 is 4.32 Å². The Morgan fingerprint density at radius 3 is 2.81 bits per heavy atom. The van der Waals surface area contributed by atoms with Crippen molar-refractivity contribution in [1.29, 1.82) is 0 Å². The minimum absolute atomic E-state index is 0.00360. The van der Waals surface area contributed by atoms with Crippen LogP contribution in [0.2, 0.25) is 0 Å². The van der Waals surface area contributed by atoms with Crippen molar-refractivity contribution in [1.82, 2.24) is 10.3 Å². The van der Waals surface area contributed by atoms with Gasteiger partial charge in [-0.3, -0.25) is 9.78 Å². The fourth-order valence-electron chi connectivity index (χ4n) is 1.32. The van der Waals surface area contributed by atoms with Crippen molar-refractivity contribution in [3.8, 4) is 0 Å². The Balaban J connectivity index is 2.49. The standard InChI is InChI=1S/C12H17BrN2O/c1-9(15-11(16)12(2,3)13)7-10-5-4-6-14-8-10/h4-6,8-9H,7H2,1-3H3,(H,15,16). The van der Waals surface area contributed by atoms with Gasteiger partial charge >= 0.3 is 0 Å². The van der Waals surface area contributed by atoms with Crippen LogP contribution in [0.4, 0.5) is 0 Å². The van der Waals surface area contributed by atoms with Gasteiger partial charge in [0.25, 0.3) is 0 Å². The molecule has 1 heterocycles. The second-order valence-electron chi connectivity index (χ2n) is 4.41. The highest BCUT2D eigenvalue weighted by Gasteiger charge is 2.24. The van der Waals surface area contributed by atoms with Crippen molar-refractivity contribution in [2.75, 3.05) is 0 Å². The van der Waals surface area contributed by atoms with Gasteiger partial charge in [0.2, 0.25) is 5.91 Å². The van der Waals surface area contributed by atoms with E-state index in [0.717, 1.165) is 12.0 Å². The van der Waals surface area contributed by atoms with E-state index in [1.807, 2.05) is 39.1 Å². The summed E-state index contributed by atoms with van der Waals surface area (Å²) in [6.07, 6.45) is 4.36. The van der Waals surface area contributed by atoms with E-state index in [4.69, 9.17) is 0 Å². The summed E-state index contributed by atoms with van der Waals surface area (Å²) in [6.45, 7) is 5.65. The van der Waals surface area contributed by atoms with Crippen LogP contribution in [0.1, 0.15) is 26.3 Å². The molecule has 0 fully saturated rings. The summed E-state index contributed by atoms with van der Waals surface area (Å²) in [5, 5.41) is 2.95. The summed E-state index contributed by atoms with van der Waals surface area (Å²) in [6, 6.07) is 4.02. The average molecular weight is 285 g/mol. The number of halogens is 1. The number of alkyl halides is 1. The normalized spacial score (nSPS) is 13.2. The number of aromatic nitrogens is 1. The van der Waals surface area contributed by atoms with Gasteiger partial charge in [-0.05, 0) is 38.8 Å². The molecule has 0 saturated heterocycles. The first-order valence-electron chi connectivity index (χ1n) is 5.28. The van der Waals surface area contributed by atoms with Crippen LogP contribution >= 0.6 is 15.9 Å². The van der Waals surface area contributed by atoms with E-state index in [1.54, 1.807) is 6.20 Å². The molecule has 1 aromatic rings. The lowest BCUT2D eigenvalue weighted by Gasteiger charge is -2.20. The summed E-state index contributed by atoms with van der Waals surface area (Å²) in [4.78, 5) is 15.7. The monoisotopic (exact) mass is 284 g/mol. The third-order valence-electron chi connectivity index (χ3n) is 2.18. The molecule has 1 rings (SSSR count). The Kier molecular flexibility index (Phi) is 4.47. The van der Waals surface area contributed by atoms with Crippen molar-refractivity contribution in [3.63, 3.8) is 0 Å². The van der Waals surface area contributed by atoms with E-state index in [-0.39, 0.29) is 11.9 Å². The quantitative estimate of drug-likeness (QED) is 0.862. The smallest absolute Gasteiger partial charge is 0.236 e. The van der Waals surface area contributed by atoms with Gasteiger partial charge in [-0.15, -0.1) is 0 Å². The number of nitrogens with one attached hydrogen (secondary N) is 1. The molecular weight excluding hydrogens is 268 g/mol. The Bertz CT molecular complexity index is 346. The molecule has 1 amide bonds. The highest BCUT2D eigenvalue weighted by molar-refractivity contribution is 9.10. The Hall–Kier alpha value is -0.900. The molecular formula is C12H17BrN2O. The van der Waals surface area contributed by atoms with Gasteiger partial charge in [-0.1, -0.05) is 22.0 Å². The lowest BCUT2D eigenvalue weighted by molar-refractivity contribution is -0.123. The summed E-state index contributed by atoms with van der Waals surface area (Å²) in [5.74, 6) is 0.00360. The molecule has 0 spiro atoms. The van der Waals surface area contributed by atoms with Crippen LogP contribution in [0.25, 0.3) is 0 Å². The second kappa shape index (κ2) is 5.43. The van der Waals surface area contributed by atoms with Crippen LogP contribution in [-0.2, 0) is 11.2 Å². The number of hydrogen-bond donors (Lipinski definition) is 1. The molecule has 0 saturated carbocycles. The van der Waals surface area contributed by atoms with Crippen molar-refractivity contribution >= 4 is 21.8 Å². The number of hydrogen-bond acceptors (Lipinski definition) is 2. The highest BCUT2D eigenvalue weighted by Crippen LogP contribution is 2.15. The molecule has 1 N–H and O–H groups in total. The molecule has 1 unspecified atom stereocenters. The molecule has 1 aromatic heterocycles. The highest BCUT2D eigenvalue weighted by atomic mass is 79.9. The summed E-state index contributed by atoms with van der Waals surface area (Å²) in [7, 11) is 0. The molecule has 0 aliphatic carbocycles. The largest absolute Gasteiger partial charge is 0.352 e. The fraction of sp³-hybridized carbons (Fsp3) is 0.500. The van der Waals surface area contributed by atoms with E-state index in [2.05, 4.69) is 26.2 Å². The molecule has 0 radical (unpaired) electrons. The third-order valence-corrected chi connectivity index (χ3v) is 2.54. The molecule has 3 nitrogen and oxygen atoms in total. The Morgan fingerprint density at radius 2 is 2.31 bits per heavy atom. The van der Waals surface area contributed by atoms with Gasteiger partial charge in [0.15, 0.2) is 0 Å². The van der Waals surface area contributed by atoms with Crippen molar-refractivity contribution in [3.05, 3.63) is 30.1 Å². The van der Waals surface area contributed by atoms with Crippen molar-refractivity contribution in [2.45, 2.75) is 37.6 Å². The molecule has 0 aliphatic rings. The zero-order valence-electron chi connectivity index (χ0n) is 9.83. The zero-order chi connectivity index (χ0) is 12.2. The molecule has 0 aliphatic heterocycles. The van der Waals surface area contributed by atoms with Crippen LogP contribution in [0.15, 0.2) is 24.5 Å². The lowest BCUT2D eigenvalue weighted by atomic mass is 10.1. The summed E-state index contributed by atoms with van der Waals surface area (Å²) >= 11 is 3.33. The SMILES string of the molecule is CC(Cc1cccnc1)NC(=O)C(C)(C)Br. The fourth-order valence-corrected chi connectivity index (χ4v) is 1.43. The first-order chi connectivity index (χ1) is 7.39. The lowest BCUT2D eigenvalue weighted by Crippen LogP contribution is -2.43. The van der Waals surface area contributed by atoms with E-state index in [0.29, 0.717) is 0 Å². The Morgan fingerprint density at radius 1 is 1.62 bits per heavy atom. The number of rotatable bonds is 4. The second-order valence-corrected chi connectivity index (χ2v) is 6.39. The first-order valence-corrected chi connectivity index (χ1v) is 6.07. The molecule has 16 heavy (non-hydrogen) atoms. The summed E-state index contributed by atoms with van der Waals surface area (Å²) in [5.41, 5.74) is 1.13. The molecule has 1 atom stereocenters.